The number of rotatable bonds is 6. The molecule has 3 rings (SSSR count). The highest BCUT2D eigenvalue weighted by molar-refractivity contribution is 7.94. The van der Waals surface area contributed by atoms with Crippen molar-refractivity contribution in [3.8, 4) is 11.1 Å². The minimum atomic E-state index is -3.76. The summed E-state index contributed by atoms with van der Waals surface area (Å²) in [7, 11) is -3.76. The van der Waals surface area contributed by atoms with Gasteiger partial charge in [0, 0.05) is 22.8 Å². The summed E-state index contributed by atoms with van der Waals surface area (Å²) in [6.45, 7) is 4.23. The van der Waals surface area contributed by atoms with Crippen LogP contribution in [0.1, 0.15) is 18.7 Å². The van der Waals surface area contributed by atoms with Crippen molar-refractivity contribution in [3.05, 3.63) is 59.7 Å². The fourth-order valence-electron chi connectivity index (χ4n) is 2.46. The number of nitrogens with zero attached hydrogens (tertiary/aromatic N) is 2. The molecule has 0 aliphatic heterocycles. The number of hydrogen-bond acceptors (Lipinski definition) is 5. The Morgan fingerprint density at radius 1 is 1.08 bits per heavy atom. The number of thiophene rings is 1. The van der Waals surface area contributed by atoms with Crippen LogP contribution in [0.25, 0.3) is 11.1 Å². The molecule has 0 aliphatic carbocycles. The predicted octanol–water partition coefficient (Wildman–Crippen LogP) is 4.20. The molecule has 2 aromatic heterocycles. The number of sulfonamides is 1. The van der Waals surface area contributed by atoms with Crippen LogP contribution >= 0.6 is 11.3 Å². The van der Waals surface area contributed by atoms with Crippen LogP contribution in [0.15, 0.2) is 59.1 Å². The number of aromatic nitrogens is 2. The highest BCUT2D eigenvalue weighted by atomic mass is 32.2. The van der Waals surface area contributed by atoms with Crippen molar-refractivity contribution >= 4 is 27.3 Å². The summed E-state index contributed by atoms with van der Waals surface area (Å²) in [6.07, 6.45) is 3.84. The van der Waals surface area contributed by atoms with Crippen LogP contribution in [0.5, 0.6) is 0 Å². The van der Waals surface area contributed by atoms with Crippen LogP contribution in [0.2, 0.25) is 0 Å². The Morgan fingerprint density at radius 2 is 1.76 bits per heavy atom. The highest BCUT2D eigenvalue weighted by Gasteiger charge is 2.24. The van der Waals surface area contributed by atoms with Gasteiger partial charge >= 0.3 is 0 Å². The molecule has 5 nitrogen and oxygen atoms in total. The zero-order valence-electron chi connectivity index (χ0n) is 14.0. The third-order valence-corrected chi connectivity index (χ3v) is 6.50. The molecule has 1 aromatic carbocycles. The second-order valence-electron chi connectivity index (χ2n) is 6.06. The van der Waals surface area contributed by atoms with E-state index >= 15 is 0 Å². The maximum atomic E-state index is 12.9. The normalized spacial score (nSPS) is 11.6. The summed E-state index contributed by atoms with van der Waals surface area (Å²) >= 11 is 1.30. The molecule has 0 bridgehead atoms. The summed E-state index contributed by atoms with van der Waals surface area (Å²) < 4.78 is 28.6. The molecule has 25 heavy (non-hydrogen) atoms. The van der Waals surface area contributed by atoms with Crippen LogP contribution in [-0.4, -0.2) is 18.4 Å². The summed E-state index contributed by atoms with van der Waals surface area (Å²) in [5.41, 5.74) is 1.59. The summed E-state index contributed by atoms with van der Waals surface area (Å²) in [5.74, 6) is 0.517. The van der Waals surface area contributed by atoms with E-state index < -0.39 is 10.0 Å². The molecule has 7 heteroatoms. The first-order chi connectivity index (χ1) is 12.0. The van der Waals surface area contributed by atoms with Gasteiger partial charge in [0.15, 0.2) is 0 Å². The summed E-state index contributed by atoms with van der Waals surface area (Å²) in [6, 6.07) is 13.2. The lowest BCUT2D eigenvalue weighted by Gasteiger charge is -2.07. The molecule has 0 amide bonds. The molecule has 0 radical (unpaired) electrons. The van der Waals surface area contributed by atoms with E-state index in [1.165, 1.54) is 23.7 Å². The van der Waals surface area contributed by atoms with Crippen molar-refractivity contribution in [3.63, 3.8) is 0 Å². The standard InChI is InChI=1S/C18H19N3O2S2/c1-13(2)11-15-12-16(14-7-4-3-5-8-14)17(24-15)25(22,23)21-18-19-9-6-10-20-18/h3-10,12-13H,11H2,1-2H3,(H,19,20,21). The topological polar surface area (TPSA) is 72.0 Å². The first-order valence-electron chi connectivity index (χ1n) is 7.93. The molecule has 2 heterocycles. The van der Waals surface area contributed by atoms with Crippen LogP contribution in [-0.2, 0) is 16.4 Å². The van der Waals surface area contributed by atoms with E-state index in [0.717, 1.165) is 16.9 Å². The van der Waals surface area contributed by atoms with E-state index in [-0.39, 0.29) is 5.95 Å². The smallest absolute Gasteiger partial charge is 0.246 e. The zero-order chi connectivity index (χ0) is 17.9. The Kier molecular flexibility index (Phi) is 5.15. The maximum absolute atomic E-state index is 12.9. The third-order valence-electron chi connectivity index (χ3n) is 3.48. The molecule has 0 saturated carbocycles. The van der Waals surface area contributed by atoms with Crippen molar-refractivity contribution < 1.29 is 8.42 Å². The minimum absolute atomic E-state index is 0.0697. The molecule has 0 unspecified atom stereocenters. The Bertz CT molecular complexity index is 937. The lowest BCUT2D eigenvalue weighted by molar-refractivity contribution is 0.603. The van der Waals surface area contributed by atoms with Crippen molar-refractivity contribution in [1.82, 2.24) is 9.97 Å². The van der Waals surface area contributed by atoms with E-state index in [4.69, 9.17) is 0 Å². The summed E-state index contributed by atoms with van der Waals surface area (Å²) in [5, 5.41) is 0. The summed E-state index contributed by atoms with van der Waals surface area (Å²) in [4.78, 5) is 8.95. The van der Waals surface area contributed by atoms with Crippen molar-refractivity contribution in [2.24, 2.45) is 5.92 Å². The number of anilines is 1. The molecule has 130 valence electrons. The molecule has 0 fully saturated rings. The van der Waals surface area contributed by atoms with Gasteiger partial charge in [-0.15, -0.1) is 11.3 Å². The monoisotopic (exact) mass is 373 g/mol. The largest absolute Gasteiger partial charge is 0.274 e. The SMILES string of the molecule is CC(C)Cc1cc(-c2ccccc2)c(S(=O)(=O)Nc2ncccn2)s1. The van der Waals surface area contributed by atoms with Gasteiger partial charge in [0.2, 0.25) is 5.95 Å². The first kappa shape index (κ1) is 17.6. The molecule has 0 spiro atoms. The number of nitrogens with one attached hydrogen (secondary N) is 1. The van der Waals surface area contributed by atoms with Crippen LogP contribution in [0.4, 0.5) is 5.95 Å². The highest BCUT2D eigenvalue weighted by Crippen LogP contribution is 2.36. The fraction of sp³-hybridized carbons (Fsp3) is 0.222. The Hall–Kier alpha value is -2.25. The van der Waals surface area contributed by atoms with Gasteiger partial charge in [0.05, 0.1) is 0 Å². The van der Waals surface area contributed by atoms with E-state index in [1.807, 2.05) is 36.4 Å². The van der Waals surface area contributed by atoms with Gasteiger partial charge in [-0.05, 0) is 30.0 Å². The molecular weight excluding hydrogens is 354 g/mol. The second-order valence-corrected chi connectivity index (χ2v) is 9.07. The van der Waals surface area contributed by atoms with Gasteiger partial charge in [-0.3, -0.25) is 0 Å². The average Bonchev–Trinajstić information content (AvgIpc) is 3.00. The van der Waals surface area contributed by atoms with E-state index in [1.54, 1.807) is 6.07 Å². The van der Waals surface area contributed by atoms with Crippen LogP contribution in [0, 0.1) is 5.92 Å². The molecule has 1 N–H and O–H groups in total. The maximum Gasteiger partial charge on any atom is 0.274 e. The molecule has 0 atom stereocenters. The first-order valence-corrected chi connectivity index (χ1v) is 10.2. The van der Waals surface area contributed by atoms with Crippen molar-refractivity contribution in [2.75, 3.05) is 4.72 Å². The van der Waals surface area contributed by atoms with Gasteiger partial charge in [-0.1, -0.05) is 44.2 Å². The quantitative estimate of drug-likeness (QED) is 0.703. The van der Waals surface area contributed by atoms with Gasteiger partial charge in [0.1, 0.15) is 4.21 Å². The Morgan fingerprint density at radius 3 is 2.40 bits per heavy atom. The zero-order valence-corrected chi connectivity index (χ0v) is 15.6. The van der Waals surface area contributed by atoms with Gasteiger partial charge in [0.25, 0.3) is 10.0 Å². The van der Waals surface area contributed by atoms with E-state index in [0.29, 0.717) is 15.7 Å². The van der Waals surface area contributed by atoms with Crippen molar-refractivity contribution in [1.29, 1.82) is 0 Å². The molecule has 0 saturated heterocycles. The van der Waals surface area contributed by atoms with Gasteiger partial charge < -0.3 is 0 Å². The third kappa shape index (κ3) is 4.24. The van der Waals surface area contributed by atoms with Crippen LogP contribution in [0.3, 0.4) is 0 Å². The Balaban J connectivity index is 2.05. The minimum Gasteiger partial charge on any atom is -0.246 e. The lowest BCUT2D eigenvalue weighted by Crippen LogP contribution is -2.14. The van der Waals surface area contributed by atoms with E-state index in [9.17, 15) is 8.42 Å². The average molecular weight is 374 g/mol. The van der Waals surface area contributed by atoms with Gasteiger partial charge in [-0.25, -0.2) is 23.1 Å². The van der Waals surface area contributed by atoms with E-state index in [2.05, 4.69) is 28.5 Å². The molecule has 3 aromatic rings. The molecular formula is C18H19N3O2S2. The Labute approximate surface area is 151 Å². The van der Waals surface area contributed by atoms with Gasteiger partial charge in [-0.2, -0.15) is 0 Å². The fourth-order valence-corrected chi connectivity index (χ4v) is 5.37. The number of hydrogen-bond donors (Lipinski definition) is 1. The number of benzene rings is 1. The molecule has 0 aliphatic rings. The van der Waals surface area contributed by atoms with Crippen molar-refractivity contribution in [2.45, 2.75) is 24.5 Å². The van der Waals surface area contributed by atoms with Crippen LogP contribution < -0.4 is 4.72 Å². The predicted molar refractivity (Wildman–Crippen MR) is 101 cm³/mol. The lowest BCUT2D eigenvalue weighted by atomic mass is 10.1. The second kappa shape index (κ2) is 7.33.